The Morgan fingerprint density at radius 2 is 0.723 bits per heavy atom. The molecule has 0 amide bonds. The van der Waals surface area contributed by atoms with Crippen LogP contribution in [0.4, 0.5) is 34.1 Å². The van der Waals surface area contributed by atoms with E-state index in [2.05, 4.69) is 32.9 Å². The summed E-state index contributed by atoms with van der Waals surface area (Å²) in [5.41, 5.74) is 4.07. The van der Waals surface area contributed by atoms with Crippen molar-refractivity contribution in [2.24, 2.45) is 0 Å². The van der Waals surface area contributed by atoms with Crippen molar-refractivity contribution in [3.63, 3.8) is 0 Å². The Morgan fingerprint density at radius 1 is 0.307 bits per heavy atom. The maximum Gasteiger partial charge on any atom is 0.159 e. The summed E-state index contributed by atoms with van der Waals surface area (Å²) in [5, 5.41) is -0.835. The molecule has 0 saturated carbocycles. The third-order valence-electron chi connectivity index (χ3n) is 19.8. The van der Waals surface area contributed by atoms with Crippen LogP contribution in [0.25, 0.3) is 138 Å². The van der Waals surface area contributed by atoms with E-state index in [-0.39, 0.29) is 128 Å². The quantitative estimate of drug-likeness (QED) is 0.152. The lowest BCUT2D eigenvalue weighted by molar-refractivity contribution is 0.591. The molecule has 15 aromatic carbocycles. The van der Waals surface area contributed by atoms with E-state index < -0.39 is 187 Å². The van der Waals surface area contributed by atoms with Gasteiger partial charge in [0.1, 0.15) is 0 Å². The van der Waals surface area contributed by atoms with Crippen LogP contribution in [0.2, 0.25) is 0 Å². The first-order valence-electron chi connectivity index (χ1n) is 47.2. The Hall–Kier alpha value is -12.9. The van der Waals surface area contributed by atoms with Crippen molar-refractivity contribution < 1.29 is 44.2 Å². The van der Waals surface area contributed by atoms with E-state index >= 15 is 0 Å². The van der Waals surface area contributed by atoms with E-state index in [1.807, 2.05) is 65.6 Å². The molecule has 476 valence electrons. The van der Waals surface area contributed by atoms with Crippen molar-refractivity contribution >= 4 is 121 Å². The van der Waals surface area contributed by atoms with Crippen LogP contribution < -0.4 is 9.80 Å². The van der Waals surface area contributed by atoms with Gasteiger partial charge in [0.2, 0.25) is 0 Å². The Kier molecular flexibility index (Phi) is 7.68. The lowest BCUT2D eigenvalue weighted by atomic mass is 9.74. The minimum Gasteiger partial charge on any atom is -0.452 e. The zero-order chi connectivity index (χ0) is 92.0. The molecule has 0 N–H and O–H groups in total. The van der Waals surface area contributed by atoms with E-state index in [0.29, 0.717) is 61.1 Å². The molecular weight excluding hydrogens is 1230 g/mol. The second-order valence-electron chi connectivity index (χ2n) is 26.2. The van der Waals surface area contributed by atoms with Gasteiger partial charge in [0, 0.05) is 71.4 Å². The zero-order valence-electron chi connectivity index (χ0n) is 82.7. The highest BCUT2D eigenvalue weighted by Crippen LogP contribution is 2.64. The van der Waals surface area contributed by atoms with Gasteiger partial charge >= 0.3 is 0 Å². The highest BCUT2D eigenvalue weighted by Gasteiger charge is 2.44. The van der Waals surface area contributed by atoms with Gasteiger partial charge in [-0.2, -0.15) is 0 Å². The second-order valence-corrected chi connectivity index (χ2v) is 26.2. The lowest BCUT2D eigenvalue weighted by Gasteiger charge is -2.46. The molecule has 21 rings (SSSR count). The smallest absolute Gasteiger partial charge is 0.159 e. The normalized spacial score (nSPS) is 17.6. The molecule has 6 nitrogen and oxygen atoms in total. The van der Waals surface area contributed by atoms with E-state index in [9.17, 15) is 30.2 Å². The molecule has 1 atom stereocenters. The van der Waals surface area contributed by atoms with E-state index in [1.165, 1.54) is 13.7 Å². The first-order chi connectivity index (χ1) is 61.8. The third kappa shape index (κ3) is 8.46. The van der Waals surface area contributed by atoms with Gasteiger partial charge in [0.05, 0.1) is 118 Å². The lowest BCUT2D eigenvalue weighted by Crippen LogP contribution is -2.30. The topological polar surface area (TPSA) is 34.4 Å². The molecular formula is C95H65N5O. The van der Waals surface area contributed by atoms with Crippen LogP contribution in [0.5, 0.6) is 0 Å². The molecule has 4 aromatic heterocycles. The summed E-state index contributed by atoms with van der Waals surface area (Å²) in [6, 6.07) is 27.9. The molecule has 0 spiro atoms. The molecule has 6 heterocycles. The van der Waals surface area contributed by atoms with Gasteiger partial charge in [0.15, 0.2) is 11.2 Å². The van der Waals surface area contributed by atoms with Gasteiger partial charge in [-0.15, -0.1) is 0 Å². The molecule has 6 heteroatoms. The fraction of sp³-hybridized carbons (Fsp3) is 0.0526. The number of hydrogen-bond acceptors (Lipinski definition) is 3. The Bertz CT molecular complexity index is 8160. The van der Waals surface area contributed by atoms with Crippen LogP contribution in [0.1, 0.15) is 88.7 Å². The number of rotatable bonds is 8. The summed E-state index contributed by atoms with van der Waals surface area (Å²) in [6.45, 7) is 6.22. The van der Waals surface area contributed by atoms with Crippen LogP contribution in [0.15, 0.2) is 337 Å². The number of aromatic nitrogens is 3. The summed E-state index contributed by atoms with van der Waals surface area (Å²) in [5.74, 6) is -1.13. The van der Waals surface area contributed by atoms with Gasteiger partial charge in [0.25, 0.3) is 0 Å². The number of para-hydroxylation sites is 8. The second kappa shape index (κ2) is 21.8. The number of fused-ring (bicyclic) bond motifs is 16. The summed E-state index contributed by atoms with van der Waals surface area (Å²) >= 11 is 0. The molecule has 0 bridgehead atoms. The molecule has 0 saturated heterocycles. The molecule has 0 fully saturated rings. The maximum atomic E-state index is 10.2. The third-order valence-corrected chi connectivity index (χ3v) is 19.8. The number of anilines is 6. The first-order valence-corrected chi connectivity index (χ1v) is 32.7. The first kappa shape index (κ1) is 35.6. The van der Waals surface area contributed by atoms with Gasteiger partial charge in [-0.1, -0.05) is 263 Å². The van der Waals surface area contributed by atoms with Crippen molar-refractivity contribution in [2.45, 2.75) is 32.1 Å². The Balaban J connectivity index is 1.00. The van der Waals surface area contributed by atoms with Crippen LogP contribution >= 0.6 is 0 Å². The van der Waals surface area contributed by atoms with Crippen molar-refractivity contribution in [1.82, 2.24) is 13.7 Å². The molecule has 2 aliphatic heterocycles. The summed E-state index contributed by atoms with van der Waals surface area (Å²) in [6.07, 6.45) is 0. The van der Waals surface area contributed by atoms with Crippen LogP contribution in [0.3, 0.4) is 0 Å². The fourth-order valence-corrected chi connectivity index (χ4v) is 15.4. The number of benzene rings is 15. The maximum absolute atomic E-state index is 10.2. The highest BCUT2D eigenvalue weighted by atomic mass is 16.3. The summed E-state index contributed by atoms with van der Waals surface area (Å²) < 4.78 is 286. The van der Waals surface area contributed by atoms with Crippen molar-refractivity contribution in [3.05, 3.63) is 355 Å². The standard InChI is InChI=1S/C95H65N5O/c1-95(2,3)63-54-76(60-29-9-5-10-30-60)92(77(55-63)61-31-11-6-12-32-61)100-86-53-62(59-27-7-4-8-28-59)49-51-74(86)90-75-52-50-64(96-78-41-19-13-33-66(78)67-34-14-20-42-79(67)96)56-87(75)99(88-57-65(58-89(100)91(88)90)97-80-43-21-15-35-68(80)69-36-16-22-44-81(69)97)85-48-26-40-73-72-39-25-47-84(93(72)101-94(73)85)98-82-45-23-17-37-70(82)71-38-18-24-46-83(71)98/h4-58,90H,1-3H3/i4D,7D,8D,13D,14D,15D,16D,17D,18D,19D,20D,21D,22D,23D,24D,27D,28D,33D,34D,35D,36D,37D,38D,41D,42D,43D,44D,45D,46D. The van der Waals surface area contributed by atoms with Crippen LogP contribution in [-0.2, 0) is 5.41 Å². The SMILES string of the molecule is [2H]c1c([2H])c([2H])c(-c2ccc3c(c2)N(c2c(-c4ccccc4)cc(C(C)(C)C)cc2-c2ccccc2)c2cc(-n4c5c([2H])c([2H])c([2H])c([2H])c5c5c([2H])c([2H])c([2H])c([2H])c54)cc4c2C3c2ccc(-n3c5c([2H])c([2H])c([2H])c([2H])c5c5c([2H])c([2H])c([2H])c([2H])c53)cc2N4c2cccc3c2oc2c(-n4c5c([2H])c([2H])c([2H])c([2H])c5c5c([2H])c([2H])c([2H])c([2H])c54)cccc23)c([2H])c1[2H]. The number of nitrogens with zero attached hydrogens (tertiary/aromatic N) is 5. The predicted molar refractivity (Wildman–Crippen MR) is 422 cm³/mol. The molecule has 2 aliphatic rings. The van der Waals surface area contributed by atoms with E-state index in [0.717, 1.165) is 5.56 Å². The minimum atomic E-state index is -1.13. The molecule has 1 unspecified atom stereocenters. The van der Waals surface area contributed by atoms with Crippen LogP contribution in [-0.4, -0.2) is 13.7 Å². The summed E-state index contributed by atoms with van der Waals surface area (Å²) in [7, 11) is 0. The molecule has 19 aromatic rings. The molecule has 0 aliphatic carbocycles. The number of furan rings is 1. The van der Waals surface area contributed by atoms with Crippen molar-refractivity contribution in [3.8, 4) is 50.4 Å². The monoisotopic (exact) mass is 1320 g/mol. The largest absolute Gasteiger partial charge is 0.452 e. The van der Waals surface area contributed by atoms with Crippen LogP contribution in [0, 0.1) is 0 Å². The van der Waals surface area contributed by atoms with Crippen molar-refractivity contribution in [1.29, 1.82) is 0 Å². The fourth-order valence-electron chi connectivity index (χ4n) is 15.4. The van der Waals surface area contributed by atoms with E-state index in [4.69, 9.17) is 14.0 Å². The Labute approximate surface area is 625 Å². The van der Waals surface area contributed by atoms with Gasteiger partial charge in [-0.3, -0.25) is 0 Å². The molecule has 101 heavy (non-hydrogen) atoms. The van der Waals surface area contributed by atoms with Gasteiger partial charge in [-0.25, -0.2) is 0 Å². The van der Waals surface area contributed by atoms with E-state index in [1.54, 1.807) is 89.8 Å². The molecule has 0 radical (unpaired) electrons. The predicted octanol–water partition coefficient (Wildman–Crippen LogP) is 25.9. The average Bonchev–Trinajstić information content (AvgIpc) is 0.879. The van der Waals surface area contributed by atoms with Gasteiger partial charge in [-0.05, 0) is 135 Å². The number of hydrogen-bond donors (Lipinski definition) is 0. The average molecular weight is 1320 g/mol. The highest BCUT2D eigenvalue weighted by molar-refractivity contribution is 6.17. The van der Waals surface area contributed by atoms with Gasteiger partial charge < -0.3 is 27.9 Å². The minimum absolute atomic E-state index is 0.000851. The zero-order valence-corrected chi connectivity index (χ0v) is 53.7. The summed E-state index contributed by atoms with van der Waals surface area (Å²) in [4.78, 5) is 3.79. The Morgan fingerprint density at radius 3 is 1.23 bits per heavy atom. The van der Waals surface area contributed by atoms with Crippen molar-refractivity contribution in [2.75, 3.05) is 9.80 Å².